The number of nitrogens with one attached hydrogen (secondary N) is 1. The van der Waals surface area contributed by atoms with Crippen LogP contribution in [-0.4, -0.2) is 26.8 Å². The molecular formula is C16H25N5. The second kappa shape index (κ2) is 6.80. The summed E-state index contributed by atoms with van der Waals surface area (Å²) in [6.45, 7) is 9.46. The minimum absolute atomic E-state index is 0.113. The van der Waals surface area contributed by atoms with Gasteiger partial charge in [0.15, 0.2) is 5.82 Å². The second-order valence-corrected chi connectivity index (χ2v) is 6.03. The first-order valence-corrected chi connectivity index (χ1v) is 7.60. The summed E-state index contributed by atoms with van der Waals surface area (Å²) >= 11 is 0. The average Bonchev–Trinajstić information content (AvgIpc) is 2.97. The standard InChI is InChI=1S/C16H25N5/c1-5-17-13(2)15-18-19-20-21(15)16(3,4)12-11-14-9-7-6-8-10-14/h6-10,13,17H,5,11-12H2,1-4H3. The molecule has 21 heavy (non-hydrogen) atoms. The van der Waals surface area contributed by atoms with Crippen molar-refractivity contribution in [1.29, 1.82) is 0 Å². The Kier molecular flexibility index (Phi) is 5.07. The maximum absolute atomic E-state index is 4.22. The summed E-state index contributed by atoms with van der Waals surface area (Å²) in [5.41, 5.74) is 1.23. The Bertz CT molecular complexity index is 547. The molecule has 1 unspecified atom stereocenters. The highest BCUT2D eigenvalue weighted by Crippen LogP contribution is 2.24. The van der Waals surface area contributed by atoms with Crippen LogP contribution in [0.2, 0.25) is 0 Å². The minimum atomic E-state index is -0.113. The summed E-state index contributed by atoms with van der Waals surface area (Å²) < 4.78 is 1.96. The van der Waals surface area contributed by atoms with E-state index in [0.29, 0.717) is 0 Å². The van der Waals surface area contributed by atoms with Crippen molar-refractivity contribution in [3.05, 3.63) is 41.7 Å². The highest BCUT2D eigenvalue weighted by Gasteiger charge is 2.27. The molecule has 0 amide bonds. The molecule has 1 N–H and O–H groups in total. The molecule has 1 heterocycles. The molecule has 2 rings (SSSR count). The zero-order valence-electron chi connectivity index (χ0n) is 13.4. The summed E-state index contributed by atoms with van der Waals surface area (Å²) in [7, 11) is 0. The minimum Gasteiger partial charge on any atom is -0.308 e. The third-order valence-corrected chi connectivity index (χ3v) is 3.83. The van der Waals surface area contributed by atoms with Gasteiger partial charge in [0, 0.05) is 0 Å². The zero-order valence-corrected chi connectivity index (χ0v) is 13.4. The van der Waals surface area contributed by atoms with Gasteiger partial charge in [-0.2, -0.15) is 0 Å². The van der Waals surface area contributed by atoms with Crippen LogP contribution in [0, 0.1) is 0 Å². The van der Waals surface area contributed by atoms with Gasteiger partial charge in [0.05, 0.1) is 11.6 Å². The number of aryl methyl sites for hydroxylation is 1. The van der Waals surface area contributed by atoms with Gasteiger partial charge in [-0.05, 0) is 56.1 Å². The smallest absolute Gasteiger partial charge is 0.168 e. The number of benzene rings is 1. The summed E-state index contributed by atoms with van der Waals surface area (Å²) in [5.74, 6) is 0.898. The quantitative estimate of drug-likeness (QED) is 0.850. The predicted molar refractivity (Wildman–Crippen MR) is 84.0 cm³/mol. The Morgan fingerprint density at radius 3 is 2.62 bits per heavy atom. The number of aromatic nitrogens is 4. The molecule has 1 atom stereocenters. The van der Waals surface area contributed by atoms with E-state index in [4.69, 9.17) is 0 Å². The van der Waals surface area contributed by atoms with Gasteiger partial charge in [-0.3, -0.25) is 0 Å². The number of hydrogen-bond donors (Lipinski definition) is 1. The third kappa shape index (κ3) is 3.88. The number of hydrogen-bond acceptors (Lipinski definition) is 4. The molecule has 5 nitrogen and oxygen atoms in total. The van der Waals surface area contributed by atoms with Crippen molar-refractivity contribution in [3.63, 3.8) is 0 Å². The molecule has 1 aromatic heterocycles. The van der Waals surface area contributed by atoms with Crippen LogP contribution >= 0.6 is 0 Å². The maximum atomic E-state index is 4.22. The van der Waals surface area contributed by atoms with Crippen LogP contribution in [0.15, 0.2) is 30.3 Å². The fourth-order valence-corrected chi connectivity index (χ4v) is 2.49. The van der Waals surface area contributed by atoms with Gasteiger partial charge in [0.25, 0.3) is 0 Å². The number of tetrazole rings is 1. The van der Waals surface area contributed by atoms with E-state index in [1.165, 1.54) is 5.56 Å². The van der Waals surface area contributed by atoms with E-state index in [9.17, 15) is 0 Å². The predicted octanol–water partition coefficient (Wildman–Crippen LogP) is 2.71. The van der Waals surface area contributed by atoms with Crippen LogP contribution < -0.4 is 5.32 Å². The van der Waals surface area contributed by atoms with Gasteiger partial charge < -0.3 is 5.32 Å². The highest BCUT2D eigenvalue weighted by atomic mass is 15.6. The molecule has 114 valence electrons. The molecule has 0 bridgehead atoms. The molecule has 0 saturated heterocycles. The fraction of sp³-hybridized carbons (Fsp3) is 0.562. The fourth-order valence-electron chi connectivity index (χ4n) is 2.49. The largest absolute Gasteiger partial charge is 0.308 e. The lowest BCUT2D eigenvalue weighted by Crippen LogP contribution is -2.33. The van der Waals surface area contributed by atoms with Crippen molar-refractivity contribution in [2.45, 2.75) is 52.1 Å². The zero-order chi connectivity index (χ0) is 15.3. The lowest BCUT2D eigenvalue weighted by atomic mass is 9.95. The second-order valence-electron chi connectivity index (χ2n) is 6.03. The molecule has 5 heteroatoms. The van der Waals surface area contributed by atoms with Gasteiger partial charge in [0.2, 0.25) is 0 Å². The highest BCUT2D eigenvalue weighted by molar-refractivity contribution is 5.15. The summed E-state index contributed by atoms with van der Waals surface area (Å²) in [6.07, 6.45) is 2.01. The van der Waals surface area contributed by atoms with Gasteiger partial charge in [-0.1, -0.05) is 37.3 Å². The van der Waals surface area contributed by atoms with Gasteiger partial charge >= 0.3 is 0 Å². The number of nitrogens with zero attached hydrogens (tertiary/aromatic N) is 4. The first-order chi connectivity index (χ1) is 10.0. The lowest BCUT2D eigenvalue weighted by molar-refractivity contribution is 0.272. The summed E-state index contributed by atoms with van der Waals surface area (Å²) in [4.78, 5) is 0. The Hall–Kier alpha value is -1.75. The Morgan fingerprint density at radius 1 is 1.24 bits per heavy atom. The van der Waals surface area contributed by atoms with Gasteiger partial charge in [0.1, 0.15) is 0 Å². The van der Waals surface area contributed by atoms with Crippen molar-refractivity contribution < 1.29 is 0 Å². The monoisotopic (exact) mass is 287 g/mol. The first-order valence-electron chi connectivity index (χ1n) is 7.60. The Balaban J connectivity index is 2.10. The van der Waals surface area contributed by atoms with E-state index in [1.807, 2.05) is 10.7 Å². The van der Waals surface area contributed by atoms with Crippen molar-refractivity contribution in [2.24, 2.45) is 0 Å². The molecule has 0 fully saturated rings. The molecule has 0 aliphatic rings. The molecule has 0 aliphatic carbocycles. The van der Waals surface area contributed by atoms with E-state index in [2.05, 4.69) is 72.8 Å². The van der Waals surface area contributed by atoms with E-state index in [0.717, 1.165) is 25.2 Å². The average molecular weight is 287 g/mol. The topological polar surface area (TPSA) is 55.6 Å². The molecule has 0 saturated carbocycles. The van der Waals surface area contributed by atoms with Crippen LogP contribution in [0.4, 0.5) is 0 Å². The van der Waals surface area contributed by atoms with Crippen LogP contribution in [0.1, 0.15) is 51.5 Å². The molecule has 0 aliphatic heterocycles. The van der Waals surface area contributed by atoms with Gasteiger partial charge in [-0.15, -0.1) is 5.10 Å². The lowest BCUT2D eigenvalue weighted by Gasteiger charge is -2.27. The van der Waals surface area contributed by atoms with E-state index >= 15 is 0 Å². The molecule has 2 aromatic rings. The molecule has 0 radical (unpaired) electrons. The SMILES string of the molecule is CCNC(C)c1nnnn1C(C)(C)CCc1ccccc1. The maximum Gasteiger partial charge on any atom is 0.168 e. The van der Waals surface area contributed by atoms with Crippen molar-refractivity contribution in [1.82, 2.24) is 25.5 Å². The van der Waals surface area contributed by atoms with Crippen LogP contribution in [0.25, 0.3) is 0 Å². The van der Waals surface area contributed by atoms with Crippen LogP contribution in [0.3, 0.4) is 0 Å². The number of rotatable bonds is 7. The Labute approximate surface area is 126 Å². The van der Waals surface area contributed by atoms with Crippen LogP contribution in [0.5, 0.6) is 0 Å². The Morgan fingerprint density at radius 2 is 1.95 bits per heavy atom. The van der Waals surface area contributed by atoms with Crippen molar-refractivity contribution in [2.75, 3.05) is 6.54 Å². The first kappa shape index (κ1) is 15.6. The third-order valence-electron chi connectivity index (χ3n) is 3.83. The van der Waals surface area contributed by atoms with Gasteiger partial charge in [-0.25, -0.2) is 4.68 Å². The van der Waals surface area contributed by atoms with Crippen molar-refractivity contribution in [3.8, 4) is 0 Å². The summed E-state index contributed by atoms with van der Waals surface area (Å²) in [5, 5.41) is 15.7. The normalized spacial score (nSPS) is 13.3. The van der Waals surface area contributed by atoms with E-state index in [-0.39, 0.29) is 11.6 Å². The van der Waals surface area contributed by atoms with Crippen LogP contribution in [-0.2, 0) is 12.0 Å². The van der Waals surface area contributed by atoms with E-state index in [1.54, 1.807) is 0 Å². The molecular weight excluding hydrogens is 262 g/mol. The molecule has 1 aromatic carbocycles. The molecule has 0 spiro atoms. The van der Waals surface area contributed by atoms with E-state index < -0.39 is 0 Å². The summed E-state index contributed by atoms with van der Waals surface area (Å²) in [6, 6.07) is 10.7. The van der Waals surface area contributed by atoms with Crippen molar-refractivity contribution >= 4 is 0 Å².